The molecule has 134 heavy (non-hydrogen) atoms. The highest BCUT2D eigenvalue weighted by Gasteiger charge is 2.49. The highest BCUT2D eigenvalue weighted by molar-refractivity contribution is 7.48. The molecule has 3 unspecified atom stereocenters. The van der Waals surface area contributed by atoms with E-state index in [1.807, 2.05) is 160 Å². The fourth-order valence-corrected chi connectivity index (χ4v) is 20.3. The van der Waals surface area contributed by atoms with Gasteiger partial charge in [0.1, 0.15) is 73.5 Å². The first-order valence-corrected chi connectivity index (χ1v) is 46.7. The maximum atomic E-state index is 16.1. The molecule has 8 atom stereocenters. The third kappa shape index (κ3) is 22.3. The number of nitriles is 1. The number of nitrogens with one attached hydrogen (secondary N) is 5. The molecule has 2 saturated heterocycles. The number of aromatic amines is 1. The lowest BCUT2D eigenvalue weighted by molar-refractivity contribution is -0.117. The van der Waals surface area contributed by atoms with Crippen molar-refractivity contribution in [3.05, 3.63) is 301 Å². The van der Waals surface area contributed by atoms with Gasteiger partial charge in [0.05, 0.1) is 59.0 Å². The number of alkyl carbamates (subject to hydrolysis) is 1. The Morgan fingerprint density at radius 1 is 0.649 bits per heavy atom. The van der Waals surface area contributed by atoms with Crippen LogP contribution in [-0.2, 0) is 72.6 Å². The number of ether oxygens (including phenoxy) is 7. The first kappa shape index (κ1) is 95.4. The third-order valence-electron chi connectivity index (χ3n) is 23.6. The molecule has 0 radical (unpaired) electrons. The number of rotatable bonds is 42. The predicted octanol–water partition coefficient (Wildman–Crippen LogP) is 15.5. The lowest BCUT2D eigenvalue weighted by Crippen LogP contribution is -2.38. The molecular formula is C98H104N14O20P2. The molecule has 3 aromatic heterocycles. The Kier molecular flexibility index (Phi) is 31.4. The predicted molar refractivity (Wildman–Crippen MR) is 497 cm³/mol. The molecule has 36 heteroatoms. The lowest BCUT2D eigenvalue weighted by atomic mass is 9.80. The van der Waals surface area contributed by atoms with Gasteiger partial charge in [0.25, 0.3) is 20.0 Å². The molecule has 2 aliphatic carbocycles. The maximum Gasteiger partial charge on any atom is 0.475 e. The second kappa shape index (κ2) is 44.1. The minimum absolute atomic E-state index is 0.0131. The van der Waals surface area contributed by atoms with E-state index in [-0.39, 0.29) is 144 Å². The van der Waals surface area contributed by atoms with Crippen LogP contribution in [0, 0.1) is 17.9 Å². The van der Waals surface area contributed by atoms with E-state index in [1.54, 1.807) is 69.8 Å². The monoisotopic (exact) mass is 1860 g/mol. The third-order valence-corrected chi connectivity index (χ3v) is 27.2. The summed E-state index contributed by atoms with van der Waals surface area (Å²) in [6.45, 7) is 14.3. The highest BCUT2D eigenvalue weighted by Crippen LogP contribution is 2.56. The Hall–Kier alpha value is -13.2. The van der Waals surface area contributed by atoms with E-state index in [0.29, 0.717) is 33.8 Å². The number of carbonyl (C=O) groups excluding carboxylic acids is 5. The molecule has 0 spiro atoms. The number of nitrogens with zero attached hydrogens (tertiary/aromatic N) is 9. The number of phosphoric acid groups is 1. The zero-order valence-electron chi connectivity index (χ0n) is 75.0. The Bertz CT molecular complexity index is 6110. The number of phosphoric ester groups is 1. The van der Waals surface area contributed by atoms with Crippen molar-refractivity contribution in [2.75, 3.05) is 91.2 Å². The summed E-state index contributed by atoms with van der Waals surface area (Å²) in [5.74, 6) is -1.06. The summed E-state index contributed by atoms with van der Waals surface area (Å²) in [6.07, 6.45) is -5.95. The van der Waals surface area contributed by atoms with Crippen LogP contribution in [0.25, 0.3) is 38.3 Å². The van der Waals surface area contributed by atoms with Gasteiger partial charge in [-0.2, -0.15) is 15.2 Å². The second-order valence-corrected chi connectivity index (χ2v) is 35.9. The number of aromatic nitrogens is 6. The number of amides is 5. The molecule has 2 aliphatic heterocycles. The Labute approximate surface area is 775 Å². The number of H-pyrrole nitrogens is 1. The summed E-state index contributed by atoms with van der Waals surface area (Å²) in [5, 5.41) is 20.6. The summed E-state index contributed by atoms with van der Waals surface area (Å²) in [5.41, 5.74) is 8.44. The van der Waals surface area contributed by atoms with Crippen molar-refractivity contribution in [3.63, 3.8) is 0 Å². The average Bonchev–Trinajstić information content (AvgIpc) is 0.757. The van der Waals surface area contributed by atoms with E-state index in [1.165, 1.54) is 32.6 Å². The summed E-state index contributed by atoms with van der Waals surface area (Å²) in [4.78, 5) is 116. The molecule has 696 valence electrons. The van der Waals surface area contributed by atoms with Crippen molar-refractivity contribution in [3.8, 4) is 39.8 Å². The number of fused-ring (bicyclic) bond motifs is 7. The Morgan fingerprint density at radius 2 is 1.21 bits per heavy atom. The SMILES string of the molecule is [C-]#[N+]CCO[P@](=O)(OC[C@H]1O[C@@H](n2ccc(NC(=O)CCCN(C)C(=O)OCC3c4ccccc4-c4ccccc43)nc2=O)CC1OP(OCCC#N)N(C(C)C)C(C)C)OC1C[C@H](n2cnc3c(=O)[nH]c(NC(=O)CCNC(=O)c4ccc(CNC(=O)OCC5c6ccccc6-c6ccccc65)cc4)nc32)O[C@@H]1COC(c1ccccc1)(c1ccc(OC)cc1)c1ccc(OC)cc1. The maximum absolute atomic E-state index is 16.1. The van der Waals surface area contributed by atoms with Crippen molar-refractivity contribution in [2.45, 2.75) is 139 Å². The van der Waals surface area contributed by atoms with Gasteiger partial charge >= 0.3 is 25.7 Å². The zero-order valence-corrected chi connectivity index (χ0v) is 76.7. The van der Waals surface area contributed by atoms with Crippen molar-refractivity contribution in [2.24, 2.45) is 0 Å². The number of imidazole rings is 1. The van der Waals surface area contributed by atoms with E-state index >= 15 is 4.57 Å². The van der Waals surface area contributed by atoms with Crippen LogP contribution in [0.1, 0.15) is 145 Å². The van der Waals surface area contributed by atoms with Crippen molar-refractivity contribution < 1.29 is 84.3 Å². The summed E-state index contributed by atoms with van der Waals surface area (Å²) >= 11 is 0. The van der Waals surface area contributed by atoms with Crippen LogP contribution in [0.4, 0.5) is 21.4 Å². The van der Waals surface area contributed by atoms with Crippen LogP contribution >= 0.6 is 16.3 Å². The van der Waals surface area contributed by atoms with Crippen molar-refractivity contribution in [1.82, 2.24) is 49.3 Å². The van der Waals surface area contributed by atoms with Crippen LogP contribution < -0.4 is 42.0 Å². The molecule has 5 N–H and O–H groups in total. The van der Waals surface area contributed by atoms with Gasteiger partial charge in [0.2, 0.25) is 24.3 Å². The molecule has 0 saturated carbocycles. The molecule has 2 fully saturated rings. The molecular weight excluding hydrogens is 1760 g/mol. The van der Waals surface area contributed by atoms with Crippen molar-refractivity contribution in [1.29, 1.82) is 5.26 Å². The number of carbonyl (C=O) groups is 5. The van der Waals surface area contributed by atoms with Gasteiger partial charge in [-0.25, -0.2) is 35.2 Å². The summed E-state index contributed by atoms with van der Waals surface area (Å²) < 4.78 is 97.5. The lowest BCUT2D eigenvalue weighted by Gasteiger charge is -2.37. The highest BCUT2D eigenvalue weighted by atomic mass is 31.2. The van der Waals surface area contributed by atoms with E-state index in [0.717, 1.165) is 44.5 Å². The van der Waals surface area contributed by atoms with Crippen LogP contribution in [-0.4, -0.2) is 186 Å². The quantitative estimate of drug-likeness (QED) is 0.0103. The smallest absolute Gasteiger partial charge is 0.475 e. The number of benzene rings is 8. The van der Waals surface area contributed by atoms with Crippen LogP contribution in [0.15, 0.2) is 228 Å². The molecule has 4 aliphatic rings. The van der Waals surface area contributed by atoms with Gasteiger partial charge in [-0.15, -0.1) is 0 Å². The normalized spacial score (nSPS) is 17.3. The van der Waals surface area contributed by atoms with Crippen molar-refractivity contribution >= 4 is 69.2 Å². The Morgan fingerprint density at radius 3 is 1.79 bits per heavy atom. The van der Waals surface area contributed by atoms with Gasteiger partial charge < -0.3 is 67.9 Å². The summed E-state index contributed by atoms with van der Waals surface area (Å²) in [6, 6.07) is 66.1. The number of hydrogen-bond donors (Lipinski definition) is 5. The van der Waals surface area contributed by atoms with Crippen LogP contribution in [0.3, 0.4) is 0 Å². The molecule has 15 rings (SSSR count). The standard InChI is InChI=1S/C98H104N14O20P2/c1-62(2)112(63(3)4)133(126-52-21-47-99)131-81-54-88(110-51-46-85(105-95(110)117)104-86(113)32-20-50-109(6)97(119)124-58-80-77-30-18-14-26-73(77)74-27-15-19-31-78(74)80)130-84(81)60-128-134(120,127-53-49-100-5)132-82-55-89(129-83(82)59-125-98(66-22-10-9-11-23-66,67-37-41-69(121-7)42-38-67)68-39-43-70(122-8)44-40-68)111-61-103-90-91(111)107-94(108-93(90)116)106-87(114)45-48-101-92(115)65-35-33-64(34-36-65)56-102-96(118)123-57-79-75-28-16-12-24-71(75)72-25-13-17-29-76(72)79/h9-19,22-31,33-44,46,51,61-63,79-84,88-89H,20-21,32,45,48-50,52-60H2,1-4,6-8H3,(H,101,115)(H,102,118)(H,104,105,113,117)(H2,106,107,108,114,116)/t81?,82?,83-,84-,88-,89-,133?,134-/m1/s1. The van der Waals surface area contributed by atoms with Gasteiger partial charge in [0.15, 0.2) is 11.2 Å². The van der Waals surface area contributed by atoms with E-state index in [4.69, 9.17) is 62.3 Å². The Balaban J connectivity index is 0.649. The average molecular weight is 1860 g/mol. The van der Waals surface area contributed by atoms with E-state index in [9.17, 15) is 38.8 Å². The molecule has 34 nitrogen and oxygen atoms in total. The molecule has 11 aromatic rings. The minimum Gasteiger partial charge on any atom is -0.497 e. The first-order valence-electron chi connectivity index (χ1n) is 44.2. The van der Waals surface area contributed by atoms with Crippen LogP contribution in [0.5, 0.6) is 11.5 Å². The summed E-state index contributed by atoms with van der Waals surface area (Å²) in [7, 11) is -2.35. The topological polar surface area (TPSA) is 394 Å². The van der Waals surface area contributed by atoms with Gasteiger partial charge in [-0.3, -0.25) is 52.2 Å². The second-order valence-electron chi connectivity index (χ2n) is 32.9. The zero-order chi connectivity index (χ0) is 94.0. The molecule has 5 amide bonds. The largest absolute Gasteiger partial charge is 0.497 e. The molecule has 0 bridgehead atoms. The first-order chi connectivity index (χ1) is 65.0. The number of hydrogen-bond acceptors (Lipinski definition) is 25. The number of methoxy groups -OCH3 is 2. The van der Waals surface area contributed by atoms with Gasteiger partial charge in [0, 0.05) is 88.0 Å². The van der Waals surface area contributed by atoms with E-state index < -0.39 is 113 Å². The fourth-order valence-electron chi connectivity index (χ4n) is 17.1. The number of anilines is 2. The fraction of sp³-hybridized carbons (Fsp3) is 0.347. The van der Waals surface area contributed by atoms with Crippen LogP contribution in [0.2, 0.25) is 0 Å². The van der Waals surface area contributed by atoms with E-state index in [2.05, 4.69) is 76.4 Å². The van der Waals surface area contributed by atoms with Gasteiger partial charge in [-0.05, 0) is 143 Å². The molecule has 5 heterocycles. The van der Waals surface area contributed by atoms with Gasteiger partial charge in [-0.1, -0.05) is 164 Å². The minimum atomic E-state index is -5.03. The molecule has 8 aromatic carbocycles.